The van der Waals surface area contributed by atoms with Crippen molar-refractivity contribution in [2.24, 2.45) is 5.41 Å². The van der Waals surface area contributed by atoms with Crippen LogP contribution in [0.25, 0.3) is 0 Å². The maximum atomic E-state index is 9.84. The first-order valence-electron chi connectivity index (χ1n) is 6.75. The Morgan fingerprint density at radius 1 is 0.875 bits per heavy atom. The van der Waals surface area contributed by atoms with Gasteiger partial charge in [0.2, 0.25) is 0 Å². The fourth-order valence-corrected chi connectivity index (χ4v) is 1.87. The van der Waals surface area contributed by atoms with Crippen molar-refractivity contribution in [1.82, 2.24) is 0 Å². The van der Waals surface area contributed by atoms with E-state index in [9.17, 15) is 10.2 Å². The van der Waals surface area contributed by atoms with Gasteiger partial charge in [0.25, 0.3) is 0 Å². The third-order valence-electron chi connectivity index (χ3n) is 3.11. The lowest BCUT2D eigenvalue weighted by molar-refractivity contribution is -0.0481. The van der Waals surface area contributed by atoms with Crippen LogP contribution in [0, 0.1) is 5.41 Å². The average molecular weight is 230 g/mol. The van der Waals surface area contributed by atoms with Crippen molar-refractivity contribution in [2.75, 3.05) is 0 Å². The van der Waals surface area contributed by atoms with Gasteiger partial charge in [-0.15, -0.1) is 0 Å². The van der Waals surface area contributed by atoms with E-state index >= 15 is 0 Å². The van der Waals surface area contributed by atoms with E-state index in [4.69, 9.17) is 0 Å². The minimum atomic E-state index is -0.608. The first-order chi connectivity index (χ1) is 7.39. The van der Waals surface area contributed by atoms with E-state index in [0.29, 0.717) is 0 Å². The molecule has 2 atom stereocenters. The van der Waals surface area contributed by atoms with Gasteiger partial charge in [0.05, 0.1) is 12.2 Å². The lowest BCUT2D eigenvalue weighted by atomic mass is 9.84. The van der Waals surface area contributed by atoms with Gasteiger partial charge in [-0.3, -0.25) is 0 Å². The number of aliphatic hydroxyl groups excluding tert-OH is 2. The van der Waals surface area contributed by atoms with Crippen LogP contribution < -0.4 is 0 Å². The average Bonchev–Trinajstić information content (AvgIpc) is 2.20. The summed E-state index contributed by atoms with van der Waals surface area (Å²) in [6, 6.07) is 0. The van der Waals surface area contributed by atoms with Crippen molar-refractivity contribution >= 4 is 0 Å². The lowest BCUT2D eigenvalue weighted by Crippen LogP contribution is -2.37. The van der Waals surface area contributed by atoms with E-state index < -0.39 is 12.2 Å². The van der Waals surface area contributed by atoms with Gasteiger partial charge in [-0.25, -0.2) is 0 Å². The second kappa shape index (κ2) is 8.08. The van der Waals surface area contributed by atoms with E-state index in [1.54, 1.807) is 0 Å². The van der Waals surface area contributed by atoms with Crippen LogP contribution in [0.4, 0.5) is 0 Å². The summed E-state index contributed by atoms with van der Waals surface area (Å²) in [6.07, 6.45) is 6.89. The molecule has 0 heterocycles. The van der Waals surface area contributed by atoms with Gasteiger partial charge in [-0.05, 0) is 11.8 Å². The van der Waals surface area contributed by atoms with Crippen molar-refractivity contribution in [3.05, 3.63) is 0 Å². The summed E-state index contributed by atoms with van der Waals surface area (Å²) < 4.78 is 0. The molecule has 98 valence electrons. The lowest BCUT2D eigenvalue weighted by Gasteiger charge is -2.29. The molecule has 0 spiro atoms. The number of aliphatic hydroxyl groups is 2. The number of unbranched alkanes of at least 4 members (excludes halogenated alkanes) is 5. The summed E-state index contributed by atoms with van der Waals surface area (Å²) in [5.74, 6) is 0. The zero-order valence-corrected chi connectivity index (χ0v) is 11.5. The van der Waals surface area contributed by atoms with Crippen LogP contribution in [0.15, 0.2) is 0 Å². The Morgan fingerprint density at radius 2 is 1.38 bits per heavy atom. The highest BCUT2D eigenvalue weighted by molar-refractivity contribution is 4.79. The molecule has 0 aromatic rings. The fraction of sp³-hybridized carbons (Fsp3) is 1.00. The molecule has 0 aromatic heterocycles. The molecule has 0 aliphatic rings. The number of hydrogen-bond donors (Lipinski definition) is 2. The third-order valence-corrected chi connectivity index (χ3v) is 3.11. The van der Waals surface area contributed by atoms with Crippen LogP contribution in [0.2, 0.25) is 0 Å². The van der Waals surface area contributed by atoms with Crippen LogP contribution in [0.5, 0.6) is 0 Å². The molecule has 0 bridgehead atoms. The van der Waals surface area contributed by atoms with Gasteiger partial charge in [-0.2, -0.15) is 0 Å². The van der Waals surface area contributed by atoms with E-state index in [2.05, 4.69) is 6.92 Å². The highest BCUT2D eigenvalue weighted by Crippen LogP contribution is 2.24. The minimum Gasteiger partial charge on any atom is -0.390 e. The van der Waals surface area contributed by atoms with Gasteiger partial charge < -0.3 is 10.2 Å². The van der Waals surface area contributed by atoms with Gasteiger partial charge in [0, 0.05) is 0 Å². The van der Waals surface area contributed by atoms with Gasteiger partial charge in [0.15, 0.2) is 0 Å². The van der Waals surface area contributed by atoms with E-state index in [-0.39, 0.29) is 5.41 Å². The molecular weight excluding hydrogens is 200 g/mol. The first kappa shape index (κ1) is 15.9. The summed E-state index contributed by atoms with van der Waals surface area (Å²) in [5.41, 5.74) is -0.221. The van der Waals surface area contributed by atoms with E-state index in [1.165, 1.54) is 32.1 Å². The SMILES string of the molecule is CCCCCCCCC(O)C(O)C(C)(C)C. The molecule has 0 saturated heterocycles. The van der Waals surface area contributed by atoms with Crippen LogP contribution in [-0.2, 0) is 0 Å². The Bertz CT molecular complexity index is 161. The minimum absolute atomic E-state index is 0.221. The molecule has 2 N–H and O–H groups in total. The first-order valence-corrected chi connectivity index (χ1v) is 6.75. The maximum absolute atomic E-state index is 9.84. The van der Waals surface area contributed by atoms with Crippen LogP contribution in [0.1, 0.15) is 72.6 Å². The summed E-state index contributed by atoms with van der Waals surface area (Å²) in [6.45, 7) is 8.09. The zero-order chi connectivity index (χ0) is 12.6. The van der Waals surface area contributed by atoms with Crippen LogP contribution in [-0.4, -0.2) is 22.4 Å². The number of rotatable bonds is 8. The molecule has 0 aromatic carbocycles. The largest absolute Gasteiger partial charge is 0.390 e. The summed E-state index contributed by atoms with van der Waals surface area (Å²) >= 11 is 0. The van der Waals surface area contributed by atoms with Crippen molar-refractivity contribution in [2.45, 2.75) is 84.8 Å². The molecule has 0 aliphatic carbocycles. The molecular formula is C14H30O2. The smallest absolute Gasteiger partial charge is 0.0847 e. The second-order valence-electron chi connectivity index (χ2n) is 5.93. The Morgan fingerprint density at radius 3 is 1.88 bits per heavy atom. The summed E-state index contributed by atoms with van der Waals surface area (Å²) in [5, 5.41) is 19.7. The van der Waals surface area contributed by atoms with Crippen molar-refractivity contribution < 1.29 is 10.2 Å². The predicted octanol–water partition coefficient (Wildman–Crippen LogP) is 3.50. The molecule has 0 saturated carbocycles. The highest BCUT2D eigenvalue weighted by Gasteiger charge is 2.28. The summed E-state index contributed by atoms with van der Waals surface area (Å²) in [7, 11) is 0. The molecule has 2 unspecified atom stereocenters. The molecule has 0 radical (unpaired) electrons. The molecule has 16 heavy (non-hydrogen) atoms. The molecule has 0 aliphatic heterocycles. The fourth-order valence-electron chi connectivity index (χ4n) is 1.87. The molecule has 0 amide bonds. The normalized spacial score (nSPS) is 16.1. The zero-order valence-electron chi connectivity index (χ0n) is 11.5. The van der Waals surface area contributed by atoms with Gasteiger partial charge in [0.1, 0.15) is 0 Å². The van der Waals surface area contributed by atoms with Crippen LogP contribution >= 0.6 is 0 Å². The van der Waals surface area contributed by atoms with E-state index in [0.717, 1.165) is 12.8 Å². The summed E-state index contributed by atoms with van der Waals surface area (Å²) in [4.78, 5) is 0. The monoisotopic (exact) mass is 230 g/mol. The Balaban J connectivity index is 3.54. The predicted molar refractivity (Wildman–Crippen MR) is 69.5 cm³/mol. The van der Waals surface area contributed by atoms with Crippen LogP contribution in [0.3, 0.4) is 0 Å². The third kappa shape index (κ3) is 7.24. The Labute approximate surface area is 101 Å². The Hall–Kier alpha value is -0.0800. The van der Waals surface area contributed by atoms with E-state index in [1.807, 2.05) is 20.8 Å². The standard InChI is InChI=1S/C14H30O2/c1-5-6-7-8-9-10-11-12(15)13(16)14(2,3)4/h12-13,15-16H,5-11H2,1-4H3. The van der Waals surface area contributed by atoms with Gasteiger partial charge >= 0.3 is 0 Å². The van der Waals surface area contributed by atoms with Crippen molar-refractivity contribution in [3.63, 3.8) is 0 Å². The topological polar surface area (TPSA) is 40.5 Å². The molecule has 0 rings (SSSR count). The maximum Gasteiger partial charge on any atom is 0.0847 e. The second-order valence-corrected chi connectivity index (χ2v) is 5.93. The molecule has 0 fully saturated rings. The van der Waals surface area contributed by atoms with Crippen molar-refractivity contribution in [3.8, 4) is 0 Å². The highest BCUT2D eigenvalue weighted by atomic mass is 16.3. The van der Waals surface area contributed by atoms with Gasteiger partial charge in [-0.1, -0.05) is 66.2 Å². The Kier molecular flexibility index (Phi) is 8.04. The van der Waals surface area contributed by atoms with Crippen molar-refractivity contribution in [1.29, 1.82) is 0 Å². The molecule has 2 nitrogen and oxygen atoms in total. The quantitative estimate of drug-likeness (QED) is 0.626. The number of hydrogen-bond acceptors (Lipinski definition) is 2. The molecule has 2 heteroatoms.